The van der Waals surface area contributed by atoms with Crippen molar-refractivity contribution in [2.75, 3.05) is 43.2 Å². The van der Waals surface area contributed by atoms with E-state index in [0.717, 1.165) is 18.0 Å². The zero-order chi connectivity index (χ0) is 15.4. The van der Waals surface area contributed by atoms with Crippen molar-refractivity contribution in [3.63, 3.8) is 0 Å². The molecule has 114 valence electrons. The van der Waals surface area contributed by atoms with Gasteiger partial charge in [0, 0.05) is 39.4 Å². The Morgan fingerprint density at radius 1 is 1.48 bits per heavy atom. The lowest BCUT2D eigenvalue weighted by molar-refractivity contribution is -0.116. The van der Waals surface area contributed by atoms with Crippen LogP contribution < -0.4 is 10.2 Å². The van der Waals surface area contributed by atoms with E-state index in [1.165, 1.54) is 11.8 Å². The Balaban J connectivity index is 1.96. The zero-order valence-electron chi connectivity index (χ0n) is 12.1. The third kappa shape index (κ3) is 4.04. The first kappa shape index (κ1) is 16.0. The molecule has 1 N–H and O–H groups in total. The summed E-state index contributed by atoms with van der Waals surface area (Å²) in [6.07, 6.45) is 0.283. The number of nitrogens with zero attached hydrogens (tertiary/aromatic N) is 2. The van der Waals surface area contributed by atoms with Crippen molar-refractivity contribution < 1.29 is 9.59 Å². The Bertz CT molecular complexity index is 551. The molecule has 0 bridgehead atoms. The number of rotatable bonds is 5. The molecule has 1 fully saturated rings. The molecule has 0 aliphatic carbocycles. The average Bonchev–Trinajstić information content (AvgIpc) is 2.81. The standard InChI is InChI=1S/C14H18ClN3O2S/c1-17(2)13-10(15)4-3-5-11(13)16-12(19)6-7-18-8-9-21-14(18)20/h3-5H,6-9H2,1-2H3,(H,16,19). The number of amides is 2. The van der Waals surface area contributed by atoms with Crippen LogP contribution in [-0.2, 0) is 4.79 Å². The molecule has 0 unspecified atom stereocenters. The number of nitrogens with one attached hydrogen (secondary N) is 1. The number of para-hydroxylation sites is 1. The predicted octanol–water partition coefficient (Wildman–Crippen LogP) is 2.90. The molecule has 1 saturated heterocycles. The van der Waals surface area contributed by atoms with Crippen LogP contribution in [0.25, 0.3) is 0 Å². The van der Waals surface area contributed by atoms with Crippen LogP contribution in [0.1, 0.15) is 6.42 Å². The molecular weight excluding hydrogens is 310 g/mol. The van der Waals surface area contributed by atoms with Gasteiger partial charge in [0.05, 0.1) is 16.4 Å². The maximum absolute atomic E-state index is 12.0. The molecule has 2 rings (SSSR count). The van der Waals surface area contributed by atoms with E-state index in [0.29, 0.717) is 17.3 Å². The monoisotopic (exact) mass is 327 g/mol. The molecule has 1 aromatic carbocycles. The Hall–Kier alpha value is -1.40. The van der Waals surface area contributed by atoms with Crippen molar-refractivity contribution >= 4 is 45.9 Å². The molecule has 0 aromatic heterocycles. The van der Waals surface area contributed by atoms with Gasteiger partial charge in [-0.15, -0.1) is 0 Å². The fourth-order valence-electron chi connectivity index (χ4n) is 2.15. The van der Waals surface area contributed by atoms with Gasteiger partial charge in [0.25, 0.3) is 5.24 Å². The molecule has 0 spiro atoms. The second-order valence-corrected chi connectivity index (χ2v) is 6.38. The number of hydrogen-bond acceptors (Lipinski definition) is 4. The molecule has 1 heterocycles. The smallest absolute Gasteiger partial charge is 0.281 e. The van der Waals surface area contributed by atoms with E-state index in [4.69, 9.17) is 11.6 Å². The van der Waals surface area contributed by atoms with E-state index in [-0.39, 0.29) is 17.6 Å². The topological polar surface area (TPSA) is 52.7 Å². The number of thioether (sulfide) groups is 1. The van der Waals surface area contributed by atoms with Crippen molar-refractivity contribution in [2.45, 2.75) is 6.42 Å². The van der Waals surface area contributed by atoms with Gasteiger partial charge >= 0.3 is 0 Å². The van der Waals surface area contributed by atoms with Gasteiger partial charge in [0.2, 0.25) is 5.91 Å². The minimum atomic E-state index is -0.120. The van der Waals surface area contributed by atoms with Gasteiger partial charge in [-0.3, -0.25) is 9.59 Å². The van der Waals surface area contributed by atoms with E-state index < -0.39 is 0 Å². The molecule has 0 radical (unpaired) electrons. The van der Waals surface area contributed by atoms with Crippen molar-refractivity contribution in [1.29, 1.82) is 0 Å². The Kier molecular flexibility index (Phi) is 5.36. The summed E-state index contributed by atoms with van der Waals surface area (Å²) in [5.74, 6) is 0.685. The second kappa shape index (κ2) is 7.04. The molecule has 21 heavy (non-hydrogen) atoms. The van der Waals surface area contributed by atoms with Crippen LogP contribution in [0.2, 0.25) is 5.02 Å². The van der Waals surface area contributed by atoms with Crippen molar-refractivity contribution in [1.82, 2.24) is 4.90 Å². The van der Waals surface area contributed by atoms with Gasteiger partial charge in [-0.2, -0.15) is 0 Å². The average molecular weight is 328 g/mol. The summed E-state index contributed by atoms with van der Waals surface area (Å²) in [5, 5.41) is 3.50. The minimum Gasteiger partial charge on any atom is -0.375 e. The lowest BCUT2D eigenvalue weighted by Gasteiger charge is -2.20. The molecule has 0 saturated carbocycles. The van der Waals surface area contributed by atoms with E-state index in [1.54, 1.807) is 17.0 Å². The first-order valence-corrected chi connectivity index (χ1v) is 8.03. The SMILES string of the molecule is CN(C)c1c(Cl)cccc1NC(=O)CCN1CCSC1=O. The summed E-state index contributed by atoms with van der Waals surface area (Å²) in [6, 6.07) is 5.40. The third-order valence-electron chi connectivity index (χ3n) is 3.16. The fraction of sp³-hybridized carbons (Fsp3) is 0.429. The summed E-state index contributed by atoms with van der Waals surface area (Å²) in [4.78, 5) is 27.1. The summed E-state index contributed by atoms with van der Waals surface area (Å²) in [6.45, 7) is 1.17. The highest BCUT2D eigenvalue weighted by molar-refractivity contribution is 8.13. The third-order valence-corrected chi connectivity index (χ3v) is 4.36. The molecule has 1 aliphatic heterocycles. The number of hydrogen-bond donors (Lipinski definition) is 1. The van der Waals surface area contributed by atoms with Crippen LogP contribution >= 0.6 is 23.4 Å². The first-order chi connectivity index (χ1) is 9.99. The quantitative estimate of drug-likeness (QED) is 0.903. The Morgan fingerprint density at radius 3 is 2.86 bits per heavy atom. The van der Waals surface area contributed by atoms with Gasteiger partial charge in [-0.25, -0.2) is 0 Å². The molecule has 7 heteroatoms. The van der Waals surface area contributed by atoms with Crippen LogP contribution in [-0.4, -0.2) is 49.0 Å². The van der Waals surface area contributed by atoms with Crippen LogP contribution in [0, 0.1) is 0 Å². The van der Waals surface area contributed by atoms with Crippen LogP contribution in [0.3, 0.4) is 0 Å². The molecule has 5 nitrogen and oxygen atoms in total. The molecule has 1 aliphatic rings. The summed E-state index contributed by atoms with van der Waals surface area (Å²) < 4.78 is 0. The molecule has 1 aromatic rings. The molecule has 0 atom stereocenters. The van der Waals surface area contributed by atoms with Gasteiger partial charge < -0.3 is 15.1 Å². The van der Waals surface area contributed by atoms with E-state index in [2.05, 4.69) is 5.32 Å². The van der Waals surface area contributed by atoms with Gasteiger partial charge in [0.15, 0.2) is 0 Å². The summed E-state index contributed by atoms with van der Waals surface area (Å²) in [5.41, 5.74) is 1.46. The number of halogens is 1. The minimum absolute atomic E-state index is 0.0551. The Morgan fingerprint density at radius 2 is 2.24 bits per heavy atom. The second-order valence-electron chi connectivity index (χ2n) is 4.93. The Labute approximate surface area is 133 Å². The van der Waals surface area contributed by atoms with Gasteiger partial charge in [0.1, 0.15) is 0 Å². The van der Waals surface area contributed by atoms with Gasteiger partial charge in [-0.05, 0) is 12.1 Å². The van der Waals surface area contributed by atoms with Crippen molar-refractivity contribution in [3.8, 4) is 0 Å². The largest absolute Gasteiger partial charge is 0.375 e. The maximum Gasteiger partial charge on any atom is 0.281 e. The van der Waals surface area contributed by atoms with Crippen LogP contribution in [0.15, 0.2) is 18.2 Å². The van der Waals surface area contributed by atoms with E-state index in [1.807, 2.05) is 25.1 Å². The predicted molar refractivity (Wildman–Crippen MR) is 88.5 cm³/mol. The highest BCUT2D eigenvalue weighted by atomic mass is 35.5. The summed E-state index contributed by atoms with van der Waals surface area (Å²) in [7, 11) is 3.74. The number of carbonyl (C=O) groups is 2. The lowest BCUT2D eigenvalue weighted by atomic mass is 10.2. The maximum atomic E-state index is 12.0. The van der Waals surface area contributed by atoms with Crippen molar-refractivity contribution in [2.24, 2.45) is 0 Å². The highest BCUT2D eigenvalue weighted by Crippen LogP contribution is 2.32. The number of carbonyl (C=O) groups excluding carboxylic acids is 2. The first-order valence-electron chi connectivity index (χ1n) is 6.66. The van der Waals surface area contributed by atoms with E-state index in [9.17, 15) is 9.59 Å². The number of anilines is 2. The summed E-state index contributed by atoms with van der Waals surface area (Å²) >= 11 is 7.46. The van der Waals surface area contributed by atoms with Crippen LogP contribution in [0.4, 0.5) is 16.2 Å². The van der Waals surface area contributed by atoms with Crippen molar-refractivity contribution in [3.05, 3.63) is 23.2 Å². The fourth-order valence-corrected chi connectivity index (χ4v) is 3.34. The van der Waals surface area contributed by atoms with Crippen LogP contribution in [0.5, 0.6) is 0 Å². The molecule has 2 amide bonds. The highest BCUT2D eigenvalue weighted by Gasteiger charge is 2.21. The molecular formula is C14H18ClN3O2S. The zero-order valence-corrected chi connectivity index (χ0v) is 13.6. The van der Waals surface area contributed by atoms with E-state index >= 15 is 0 Å². The number of benzene rings is 1. The normalized spacial score (nSPS) is 14.4. The van der Waals surface area contributed by atoms with Gasteiger partial charge in [-0.1, -0.05) is 29.4 Å². The lowest BCUT2D eigenvalue weighted by Crippen LogP contribution is -2.28.